The number of nitrogens with zero attached hydrogens (tertiary/aromatic N) is 2. The van der Waals surface area contributed by atoms with Crippen molar-refractivity contribution in [2.75, 3.05) is 12.4 Å². The molecule has 0 fully saturated rings. The smallest absolute Gasteiger partial charge is 0.279 e. The molecule has 0 aliphatic rings. The lowest BCUT2D eigenvalue weighted by Gasteiger charge is -2.12. The molecule has 0 radical (unpaired) electrons. The summed E-state index contributed by atoms with van der Waals surface area (Å²) < 4.78 is 12.0. The molecule has 1 heterocycles. The molecule has 9 heteroatoms. The Morgan fingerprint density at radius 3 is 2.47 bits per heavy atom. The zero-order valence-corrected chi connectivity index (χ0v) is 18.8. The van der Waals surface area contributed by atoms with E-state index in [-0.39, 0.29) is 5.69 Å². The number of carbonyl (C=O) groups is 1. The third-order valence-corrected chi connectivity index (χ3v) is 5.12. The molecular formula is C25H20ClN3O5. The number of benzene rings is 3. The molecule has 2 N–H and O–H groups in total. The minimum Gasteiger partial charge on any atom is -0.505 e. The van der Waals surface area contributed by atoms with E-state index in [0.29, 0.717) is 34.5 Å². The van der Waals surface area contributed by atoms with Crippen LogP contribution in [0, 0.1) is 0 Å². The van der Waals surface area contributed by atoms with Gasteiger partial charge in [-0.1, -0.05) is 35.9 Å². The summed E-state index contributed by atoms with van der Waals surface area (Å²) in [6.45, 7) is 0.366. The molecule has 4 aromatic rings. The first-order valence-electron chi connectivity index (χ1n) is 10.2. The average molecular weight is 478 g/mol. The molecule has 0 atom stereocenters. The Balaban J connectivity index is 1.49. The molecule has 3 aromatic carbocycles. The maximum absolute atomic E-state index is 12.8. The number of hydrogen-bond donors (Lipinski definition) is 2. The van der Waals surface area contributed by atoms with Gasteiger partial charge in [0, 0.05) is 16.8 Å². The Morgan fingerprint density at radius 1 is 1.06 bits per heavy atom. The third-order valence-electron chi connectivity index (χ3n) is 4.87. The van der Waals surface area contributed by atoms with Crippen molar-refractivity contribution >= 4 is 23.2 Å². The van der Waals surface area contributed by atoms with Crippen LogP contribution in [0.2, 0.25) is 5.02 Å². The highest BCUT2D eigenvalue weighted by Gasteiger charge is 2.18. The van der Waals surface area contributed by atoms with Gasteiger partial charge in [-0.05, 0) is 54.1 Å². The lowest BCUT2D eigenvalue weighted by atomic mass is 10.2. The standard InChI is InChI=1S/C25H20ClN3O5/c1-33-22-5-3-2-4-20(22)29-23(31)14-21(30)24(28-29)25(32)27-18-10-12-19(13-11-18)34-15-16-6-8-17(26)9-7-16/h2-14,30H,15H2,1H3,(H,27,32). The van der Waals surface area contributed by atoms with Gasteiger partial charge in [-0.25, -0.2) is 0 Å². The van der Waals surface area contributed by atoms with E-state index < -0.39 is 17.2 Å². The number of aromatic nitrogens is 2. The number of aromatic hydroxyl groups is 1. The van der Waals surface area contributed by atoms with E-state index in [0.717, 1.165) is 16.3 Å². The summed E-state index contributed by atoms with van der Waals surface area (Å²) in [4.78, 5) is 25.2. The normalized spacial score (nSPS) is 10.5. The molecule has 1 amide bonds. The second-order valence-corrected chi connectivity index (χ2v) is 7.63. The highest BCUT2D eigenvalue weighted by molar-refractivity contribution is 6.30. The number of methoxy groups -OCH3 is 1. The van der Waals surface area contributed by atoms with Crippen LogP contribution in [0.4, 0.5) is 5.69 Å². The fraction of sp³-hybridized carbons (Fsp3) is 0.0800. The Bertz CT molecular complexity index is 1370. The molecule has 1 aromatic heterocycles. The Hall–Kier alpha value is -4.30. The van der Waals surface area contributed by atoms with Crippen LogP contribution in [0.3, 0.4) is 0 Å². The van der Waals surface area contributed by atoms with Crippen molar-refractivity contribution in [1.82, 2.24) is 9.78 Å². The van der Waals surface area contributed by atoms with Gasteiger partial charge in [0.25, 0.3) is 11.5 Å². The second kappa shape index (κ2) is 10.1. The zero-order valence-electron chi connectivity index (χ0n) is 18.1. The first-order valence-corrected chi connectivity index (χ1v) is 10.6. The first-order chi connectivity index (χ1) is 16.4. The summed E-state index contributed by atoms with van der Waals surface area (Å²) in [7, 11) is 1.46. The topological polar surface area (TPSA) is 103 Å². The number of hydrogen-bond acceptors (Lipinski definition) is 6. The van der Waals surface area contributed by atoms with E-state index >= 15 is 0 Å². The summed E-state index contributed by atoms with van der Waals surface area (Å²) >= 11 is 5.89. The van der Waals surface area contributed by atoms with Gasteiger partial charge in [-0.3, -0.25) is 9.59 Å². The van der Waals surface area contributed by atoms with Crippen molar-refractivity contribution in [2.45, 2.75) is 6.61 Å². The van der Waals surface area contributed by atoms with Gasteiger partial charge in [0.05, 0.1) is 7.11 Å². The largest absolute Gasteiger partial charge is 0.505 e. The van der Waals surface area contributed by atoms with Crippen molar-refractivity contribution in [3.05, 3.63) is 105 Å². The fourth-order valence-electron chi connectivity index (χ4n) is 3.16. The monoisotopic (exact) mass is 477 g/mol. The molecule has 0 aliphatic heterocycles. The van der Waals surface area contributed by atoms with E-state index in [1.54, 1.807) is 60.7 Å². The van der Waals surface area contributed by atoms with Crippen LogP contribution in [0.5, 0.6) is 17.2 Å². The predicted octanol–water partition coefficient (Wildman–Crippen LogP) is 4.43. The van der Waals surface area contributed by atoms with E-state index in [9.17, 15) is 14.7 Å². The van der Waals surface area contributed by atoms with Gasteiger partial charge in [0.2, 0.25) is 0 Å². The highest BCUT2D eigenvalue weighted by Crippen LogP contribution is 2.23. The molecule has 34 heavy (non-hydrogen) atoms. The fourth-order valence-corrected chi connectivity index (χ4v) is 3.28. The predicted molar refractivity (Wildman–Crippen MR) is 128 cm³/mol. The summed E-state index contributed by atoms with van der Waals surface area (Å²) in [5.74, 6) is -0.213. The molecule has 0 bridgehead atoms. The van der Waals surface area contributed by atoms with Crippen LogP contribution in [0.15, 0.2) is 83.7 Å². The molecule has 172 valence electrons. The van der Waals surface area contributed by atoms with Gasteiger partial charge >= 0.3 is 0 Å². The van der Waals surface area contributed by atoms with Gasteiger partial charge in [0.1, 0.15) is 23.8 Å². The molecule has 0 unspecified atom stereocenters. The van der Waals surface area contributed by atoms with Crippen LogP contribution < -0.4 is 20.3 Å². The number of ether oxygens (including phenoxy) is 2. The lowest BCUT2D eigenvalue weighted by molar-refractivity contribution is 0.101. The number of anilines is 1. The van der Waals surface area contributed by atoms with E-state index in [1.807, 2.05) is 12.1 Å². The number of rotatable bonds is 7. The molecule has 0 saturated heterocycles. The minimum absolute atomic E-state index is 0.312. The van der Waals surface area contributed by atoms with Crippen molar-refractivity contribution in [1.29, 1.82) is 0 Å². The highest BCUT2D eigenvalue weighted by atomic mass is 35.5. The van der Waals surface area contributed by atoms with Crippen LogP contribution in [-0.4, -0.2) is 27.9 Å². The Morgan fingerprint density at radius 2 is 1.76 bits per heavy atom. The van der Waals surface area contributed by atoms with E-state index in [4.69, 9.17) is 21.1 Å². The zero-order chi connectivity index (χ0) is 24.1. The van der Waals surface area contributed by atoms with Gasteiger partial charge in [-0.15, -0.1) is 0 Å². The van der Waals surface area contributed by atoms with Gasteiger partial charge in [0.15, 0.2) is 11.4 Å². The number of halogens is 1. The molecule has 4 rings (SSSR count). The van der Waals surface area contributed by atoms with Crippen molar-refractivity contribution in [3.8, 4) is 22.9 Å². The van der Waals surface area contributed by atoms with Gasteiger partial charge in [-0.2, -0.15) is 9.78 Å². The van der Waals surface area contributed by atoms with Crippen molar-refractivity contribution < 1.29 is 19.4 Å². The number of carbonyl (C=O) groups excluding carboxylic acids is 1. The van der Waals surface area contributed by atoms with E-state index in [2.05, 4.69) is 10.4 Å². The summed E-state index contributed by atoms with van der Waals surface area (Å²) in [5.41, 5.74) is 0.842. The van der Waals surface area contributed by atoms with E-state index in [1.165, 1.54) is 7.11 Å². The number of amides is 1. The quantitative estimate of drug-likeness (QED) is 0.408. The second-order valence-electron chi connectivity index (χ2n) is 7.19. The van der Waals surface area contributed by atoms with Crippen LogP contribution >= 0.6 is 11.6 Å². The summed E-state index contributed by atoms with van der Waals surface area (Å²) in [6, 6.07) is 21.7. The lowest BCUT2D eigenvalue weighted by Crippen LogP contribution is -2.25. The van der Waals surface area contributed by atoms with Crippen LogP contribution in [0.1, 0.15) is 16.1 Å². The Labute approximate surface area is 200 Å². The molecule has 0 spiro atoms. The molecule has 0 aliphatic carbocycles. The Kier molecular flexibility index (Phi) is 6.79. The maximum atomic E-state index is 12.8. The number of para-hydroxylation sites is 2. The summed E-state index contributed by atoms with van der Waals surface area (Å²) in [5, 5.41) is 17.6. The molecular weight excluding hydrogens is 458 g/mol. The summed E-state index contributed by atoms with van der Waals surface area (Å²) in [6.07, 6.45) is 0. The first kappa shape index (κ1) is 22.9. The van der Waals surface area contributed by atoms with Crippen molar-refractivity contribution in [3.63, 3.8) is 0 Å². The third kappa shape index (κ3) is 5.19. The van der Waals surface area contributed by atoms with Crippen LogP contribution in [-0.2, 0) is 6.61 Å². The number of nitrogens with one attached hydrogen (secondary N) is 1. The van der Waals surface area contributed by atoms with Crippen molar-refractivity contribution in [2.24, 2.45) is 0 Å². The minimum atomic E-state index is -0.684. The van der Waals surface area contributed by atoms with Gasteiger partial charge < -0.3 is 19.9 Å². The molecule has 0 saturated carbocycles. The maximum Gasteiger partial charge on any atom is 0.279 e. The average Bonchev–Trinajstić information content (AvgIpc) is 2.84. The SMILES string of the molecule is COc1ccccc1-n1nc(C(=O)Nc2ccc(OCc3ccc(Cl)cc3)cc2)c(O)cc1=O. The van der Waals surface area contributed by atoms with Crippen LogP contribution in [0.25, 0.3) is 5.69 Å². The molecule has 8 nitrogen and oxygen atoms in total.